The fourth-order valence-electron chi connectivity index (χ4n) is 13.1. The molecule has 0 saturated heterocycles. The molecule has 52 heavy (non-hydrogen) atoms. The van der Waals surface area contributed by atoms with Gasteiger partial charge in [0.2, 0.25) is 0 Å². The molecule has 10 atom stereocenters. The summed E-state index contributed by atoms with van der Waals surface area (Å²) >= 11 is 0. The van der Waals surface area contributed by atoms with Crippen LogP contribution in [0.3, 0.4) is 0 Å². The van der Waals surface area contributed by atoms with Crippen LogP contribution in [0.4, 0.5) is 0 Å². The monoisotopic (exact) mass is 718 g/mol. The van der Waals surface area contributed by atoms with Crippen LogP contribution in [-0.4, -0.2) is 51.7 Å². The van der Waals surface area contributed by atoms with Crippen molar-refractivity contribution in [3.05, 3.63) is 41.2 Å². The van der Waals surface area contributed by atoms with Gasteiger partial charge in [-0.3, -0.25) is 19.4 Å². The van der Waals surface area contributed by atoms with Crippen LogP contribution in [0.1, 0.15) is 145 Å². The first-order valence-electron chi connectivity index (χ1n) is 20.2. The molecule has 1 aromatic rings. The number of nitrogens with one attached hydrogen (secondary N) is 1. The van der Waals surface area contributed by atoms with Crippen molar-refractivity contribution in [2.45, 2.75) is 152 Å². The maximum Gasteiger partial charge on any atom is 0.309 e. The quantitative estimate of drug-likeness (QED) is 0.206. The van der Waals surface area contributed by atoms with E-state index < -0.39 is 28.9 Å². The number of aromatic nitrogens is 1. The third kappa shape index (κ3) is 5.92. The number of allylic oxidation sites excluding steroid dienone is 1. The van der Waals surface area contributed by atoms with E-state index in [-0.39, 0.29) is 57.8 Å². The van der Waals surface area contributed by atoms with Crippen LogP contribution in [0, 0.1) is 56.2 Å². The number of pyridine rings is 1. The van der Waals surface area contributed by atoms with E-state index in [0.717, 1.165) is 62.6 Å². The summed E-state index contributed by atoms with van der Waals surface area (Å²) in [5, 5.41) is 25.4. The summed E-state index contributed by atoms with van der Waals surface area (Å²) in [7, 11) is 0. The number of aliphatic carboxylic acids is 1. The van der Waals surface area contributed by atoms with Crippen LogP contribution < -0.4 is 5.32 Å². The molecule has 5 aliphatic rings. The molecule has 4 saturated carbocycles. The van der Waals surface area contributed by atoms with E-state index in [0.29, 0.717) is 24.8 Å². The second-order valence-corrected chi connectivity index (χ2v) is 20.0. The lowest BCUT2D eigenvalue weighted by atomic mass is 9.33. The van der Waals surface area contributed by atoms with Gasteiger partial charge >= 0.3 is 11.9 Å². The normalized spacial score (nSPS) is 38.1. The minimum atomic E-state index is -1.16. The highest BCUT2D eigenvalue weighted by Gasteiger charge is 2.70. The van der Waals surface area contributed by atoms with E-state index in [1.807, 2.05) is 18.2 Å². The van der Waals surface area contributed by atoms with E-state index in [2.05, 4.69) is 65.7 Å². The van der Waals surface area contributed by atoms with Crippen LogP contribution in [0.15, 0.2) is 35.5 Å². The topological polar surface area (TPSA) is 126 Å². The van der Waals surface area contributed by atoms with Gasteiger partial charge < -0.3 is 20.3 Å². The number of ketones is 1. The number of hydrogen-bond acceptors (Lipinski definition) is 7. The summed E-state index contributed by atoms with van der Waals surface area (Å²) in [6.45, 7) is 22.1. The van der Waals surface area contributed by atoms with Crippen molar-refractivity contribution in [1.29, 1.82) is 0 Å². The number of carboxylic acid groups (broad SMARTS) is 1. The number of fused-ring (bicyclic) bond motifs is 7. The predicted octanol–water partition coefficient (Wildman–Crippen LogP) is 8.49. The van der Waals surface area contributed by atoms with Crippen molar-refractivity contribution in [2.75, 3.05) is 6.54 Å². The number of Topliss-reactive ketones (excluding diaryl/α,β-unsaturated/α-hetero) is 1. The summed E-state index contributed by atoms with van der Waals surface area (Å²) in [5.41, 5.74) is 1.37. The van der Waals surface area contributed by atoms with E-state index >= 15 is 0 Å². The Morgan fingerprint density at radius 1 is 0.962 bits per heavy atom. The molecule has 1 aromatic heterocycles. The first-order chi connectivity index (χ1) is 24.2. The Bertz CT molecular complexity index is 1600. The van der Waals surface area contributed by atoms with Crippen molar-refractivity contribution >= 4 is 17.7 Å². The molecule has 5 aliphatic carbocycles. The number of carboxylic acids is 1. The summed E-state index contributed by atoms with van der Waals surface area (Å²) in [6.07, 6.45) is 8.95. The number of aliphatic hydroxyl groups excluding tert-OH is 1. The number of hydrogen-bond donors (Lipinski definition) is 3. The molecule has 0 spiro atoms. The van der Waals surface area contributed by atoms with E-state index in [4.69, 9.17) is 4.74 Å². The van der Waals surface area contributed by atoms with Crippen molar-refractivity contribution in [2.24, 2.45) is 56.2 Å². The van der Waals surface area contributed by atoms with Crippen molar-refractivity contribution in [1.82, 2.24) is 10.3 Å². The van der Waals surface area contributed by atoms with E-state index in [1.54, 1.807) is 20.0 Å². The average Bonchev–Trinajstić information content (AvgIpc) is 3.38. The maximum absolute atomic E-state index is 14.1. The molecular weight excluding hydrogens is 652 g/mol. The molecule has 4 fully saturated rings. The summed E-state index contributed by atoms with van der Waals surface area (Å²) < 4.78 is 6.17. The molecule has 0 aliphatic heterocycles. The lowest BCUT2D eigenvalue weighted by molar-refractivity contribution is -0.235. The van der Waals surface area contributed by atoms with Crippen LogP contribution >= 0.6 is 0 Å². The zero-order valence-corrected chi connectivity index (χ0v) is 33.6. The lowest BCUT2D eigenvalue weighted by Gasteiger charge is -2.72. The molecule has 1 heterocycles. The molecule has 8 nitrogen and oxygen atoms in total. The minimum absolute atomic E-state index is 0.0139. The largest absolute Gasteiger partial charge is 0.481 e. The molecule has 1 unspecified atom stereocenters. The fourth-order valence-corrected chi connectivity index (χ4v) is 13.1. The molecule has 0 aromatic carbocycles. The maximum atomic E-state index is 14.1. The third-order valence-electron chi connectivity index (χ3n) is 16.2. The first-order valence-corrected chi connectivity index (χ1v) is 20.2. The molecule has 0 bridgehead atoms. The highest BCUT2D eigenvalue weighted by Crippen LogP contribution is 2.77. The Hall–Kier alpha value is -2.58. The first kappa shape index (κ1) is 39.1. The van der Waals surface area contributed by atoms with Gasteiger partial charge in [-0.15, -0.1) is 0 Å². The van der Waals surface area contributed by atoms with Crippen molar-refractivity contribution in [3.8, 4) is 0 Å². The number of ether oxygens (including phenoxy) is 1. The zero-order chi connectivity index (χ0) is 38.2. The third-order valence-corrected chi connectivity index (χ3v) is 16.2. The Balaban J connectivity index is 1.27. The number of nitrogens with zero attached hydrogens (tertiary/aromatic N) is 1. The standard InChI is InChI=1S/C44H66N2O6/c1-26(2)36-30(47)23-44(33(48)25-46-27(3)29-13-11-12-22-45-29)21-20-42(9)28(37(36)44)14-15-32-41(8)18-17-34(52-35(49)24-39(4,5)38(50)51)40(6,7)31(41)16-19-43(32,42)10/h11-13,22,26-28,31-34,46,48H,14-21,23-25H2,1-10H3,(H,50,51)/t27-,28+,31?,32+,33+,34-,41-,42+,43+,44-/m0/s1. The number of rotatable bonds is 10. The SMILES string of the molecule is CC(C)C1=C2[C@H]3CC[C@@H]4[C@@]5(C)CC[C@H](OC(=O)CC(C)(C)C(=O)O)C(C)(C)C5CC[C@@]4(C)[C@]3(C)CC[C@@]2([C@H](O)CN[C@@H](C)c2ccccn2)CC1=O. The van der Waals surface area contributed by atoms with E-state index in [1.165, 1.54) is 5.57 Å². The van der Waals surface area contributed by atoms with Gasteiger partial charge in [0, 0.05) is 36.0 Å². The van der Waals surface area contributed by atoms with Crippen LogP contribution in [0.5, 0.6) is 0 Å². The van der Waals surface area contributed by atoms with Gasteiger partial charge in [0.15, 0.2) is 5.78 Å². The fraction of sp³-hybridized carbons (Fsp3) is 0.773. The van der Waals surface area contributed by atoms with Gasteiger partial charge in [-0.1, -0.05) is 60.1 Å². The Morgan fingerprint density at radius 2 is 1.67 bits per heavy atom. The molecule has 8 heteroatoms. The number of carbonyl (C=O) groups excluding carboxylic acids is 2. The Kier molecular flexibility index (Phi) is 10.0. The number of aliphatic hydroxyl groups is 1. The molecule has 6 rings (SSSR count). The molecule has 288 valence electrons. The molecule has 3 N–H and O–H groups in total. The van der Waals surface area contributed by atoms with Gasteiger partial charge in [0.05, 0.1) is 23.6 Å². The summed E-state index contributed by atoms with van der Waals surface area (Å²) in [5.74, 6) is 0.0333. The number of esters is 1. The zero-order valence-electron chi connectivity index (χ0n) is 33.6. The number of carbonyl (C=O) groups is 3. The Labute approximate surface area is 312 Å². The summed E-state index contributed by atoms with van der Waals surface area (Å²) in [4.78, 5) is 43.4. The Morgan fingerprint density at radius 3 is 2.31 bits per heavy atom. The molecule has 0 amide bonds. The molecular formula is C44H66N2O6. The van der Waals surface area contributed by atoms with Gasteiger partial charge in [0.1, 0.15) is 6.10 Å². The predicted molar refractivity (Wildman–Crippen MR) is 202 cm³/mol. The lowest BCUT2D eigenvalue weighted by Crippen LogP contribution is -2.66. The van der Waals surface area contributed by atoms with Gasteiger partial charge in [0.25, 0.3) is 0 Å². The summed E-state index contributed by atoms with van der Waals surface area (Å²) in [6, 6.07) is 5.89. The second kappa shape index (κ2) is 13.3. The highest BCUT2D eigenvalue weighted by atomic mass is 16.5. The minimum Gasteiger partial charge on any atom is -0.481 e. The van der Waals surface area contributed by atoms with Crippen LogP contribution in [0.2, 0.25) is 0 Å². The van der Waals surface area contributed by atoms with Crippen LogP contribution in [0.25, 0.3) is 0 Å². The van der Waals surface area contributed by atoms with Crippen molar-refractivity contribution < 1.29 is 29.3 Å². The van der Waals surface area contributed by atoms with Gasteiger partial charge in [-0.05, 0) is 130 Å². The smallest absolute Gasteiger partial charge is 0.309 e. The van der Waals surface area contributed by atoms with Crippen LogP contribution in [-0.2, 0) is 19.1 Å². The highest BCUT2D eigenvalue weighted by molar-refractivity contribution is 6.00. The average molecular weight is 719 g/mol. The van der Waals surface area contributed by atoms with E-state index in [9.17, 15) is 24.6 Å². The van der Waals surface area contributed by atoms with Gasteiger partial charge in [-0.2, -0.15) is 0 Å². The van der Waals surface area contributed by atoms with Gasteiger partial charge in [-0.25, -0.2) is 0 Å². The second-order valence-electron chi connectivity index (χ2n) is 20.0. The molecule has 0 radical (unpaired) electrons. The van der Waals surface area contributed by atoms with Crippen molar-refractivity contribution in [3.63, 3.8) is 0 Å².